The Morgan fingerprint density at radius 2 is 1.58 bits per heavy atom. The summed E-state index contributed by atoms with van der Waals surface area (Å²) in [6.07, 6.45) is 3.27. The minimum absolute atomic E-state index is 0. The van der Waals surface area contributed by atoms with Crippen molar-refractivity contribution in [2.24, 2.45) is 11.3 Å². The molecule has 0 bridgehead atoms. The molecule has 2 aliphatic heterocycles. The second-order valence-electron chi connectivity index (χ2n) is 7.53. The van der Waals surface area contributed by atoms with E-state index in [2.05, 4.69) is 5.32 Å². The molecule has 142 valence electrons. The summed E-state index contributed by atoms with van der Waals surface area (Å²) in [7, 11) is 0. The lowest BCUT2D eigenvalue weighted by atomic mass is 9.91. The van der Waals surface area contributed by atoms with Gasteiger partial charge in [-0.15, -0.1) is 12.4 Å². The summed E-state index contributed by atoms with van der Waals surface area (Å²) in [5.74, 6) is 0.615. The molecule has 7 heteroatoms. The van der Waals surface area contributed by atoms with E-state index in [9.17, 15) is 14.7 Å². The van der Waals surface area contributed by atoms with Gasteiger partial charge in [-0.3, -0.25) is 9.59 Å². The van der Waals surface area contributed by atoms with Gasteiger partial charge in [0.25, 0.3) is 5.91 Å². The Labute approximate surface area is 159 Å². The van der Waals surface area contributed by atoms with Crippen LogP contribution in [0.25, 0.3) is 0 Å². The molecule has 1 saturated carbocycles. The molecule has 1 unspecified atom stereocenters. The molecular weight excluding hydrogens is 354 g/mol. The molecule has 0 aromatic heterocycles. The molecule has 3 fully saturated rings. The first-order valence-electron chi connectivity index (χ1n) is 9.17. The van der Waals surface area contributed by atoms with Crippen LogP contribution < -0.4 is 5.32 Å². The van der Waals surface area contributed by atoms with Crippen LogP contribution in [0.15, 0.2) is 24.3 Å². The predicted molar refractivity (Wildman–Crippen MR) is 100 cm³/mol. The first-order chi connectivity index (χ1) is 12.1. The second-order valence-corrected chi connectivity index (χ2v) is 7.53. The largest absolute Gasteiger partial charge is 0.508 e. The number of nitrogens with zero attached hydrogens (tertiary/aromatic N) is 2. The molecule has 1 aromatic carbocycles. The van der Waals surface area contributed by atoms with Crippen LogP contribution in [0, 0.1) is 11.3 Å². The van der Waals surface area contributed by atoms with Crippen LogP contribution in [0.5, 0.6) is 5.75 Å². The SMILES string of the molecule is Cl.O=C(c1ccc(O)cc1)N1CCN(C(=O)C2CC23CCNCC3)CC1. The van der Waals surface area contributed by atoms with Crippen LogP contribution in [-0.4, -0.2) is 66.0 Å². The van der Waals surface area contributed by atoms with Gasteiger partial charge < -0.3 is 20.2 Å². The molecule has 2 heterocycles. The summed E-state index contributed by atoms with van der Waals surface area (Å²) < 4.78 is 0. The zero-order valence-electron chi connectivity index (χ0n) is 14.8. The first kappa shape index (κ1) is 19.0. The van der Waals surface area contributed by atoms with E-state index < -0.39 is 0 Å². The maximum absolute atomic E-state index is 12.8. The van der Waals surface area contributed by atoms with E-state index in [1.165, 1.54) is 12.1 Å². The van der Waals surface area contributed by atoms with Crippen molar-refractivity contribution in [1.29, 1.82) is 0 Å². The average molecular weight is 380 g/mol. The summed E-state index contributed by atoms with van der Waals surface area (Å²) in [6, 6.07) is 6.33. The zero-order valence-corrected chi connectivity index (χ0v) is 15.6. The smallest absolute Gasteiger partial charge is 0.253 e. The molecule has 2 N–H and O–H groups in total. The highest BCUT2D eigenvalue weighted by Crippen LogP contribution is 2.59. The molecule has 3 aliphatic rings. The van der Waals surface area contributed by atoms with Crippen molar-refractivity contribution >= 4 is 24.2 Å². The number of carbonyl (C=O) groups is 2. The first-order valence-corrected chi connectivity index (χ1v) is 9.17. The Hall–Kier alpha value is -1.79. The van der Waals surface area contributed by atoms with Crippen molar-refractivity contribution in [2.75, 3.05) is 39.3 Å². The highest BCUT2D eigenvalue weighted by molar-refractivity contribution is 5.94. The van der Waals surface area contributed by atoms with Crippen molar-refractivity contribution in [3.63, 3.8) is 0 Å². The number of halogens is 1. The van der Waals surface area contributed by atoms with Crippen molar-refractivity contribution in [2.45, 2.75) is 19.3 Å². The number of benzene rings is 1. The molecule has 2 saturated heterocycles. The number of rotatable bonds is 2. The summed E-state index contributed by atoms with van der Waals surface area (Å²) in [5.41, 5.74) is 0.842. The van der Waals surface area contributed by atoms with Gasteiger partial charge in [0.2, 0.25) is 5.91 Å². The van der Waals surface area contributed by atoms with Gasteiger partial charge in [-0.2, -0.15) is 0 Å². The van der Waals surface area contributed by atoms with E-state index in [0.29, 0.717) is 37.6 Å². The number of piperidine rings is 1. The normalized spacial score (nSPS) is 24.1. The van der Waals surface area contributed by atoms with Gasteiger partial charge in [-0.25, -0.2) is 0 Å². The maximum Gasteiger partial charge on any atom is 0.253 e. The van der Waals surface area contributed by atoms with E-state index in [1.54, 1.807) is 17.0 Å². The average Bonchev–Trinajstić information content (AvgIpc) is 3.34. The van der Waals surface area contributed by atoms with E-state index >= 15 is 0 Å². The maximum atomic E-state index is 12.8. The van der Waals surface area contributed by atoms with Crippen molar-refractivity contribution < 1.29 is 14.7 Å². The molecule has 6 nitrogen and oxygen atoms in total. The highest BCUT2D eigenvalue weighted by atomic mass is 35.5. The molecule has 1 aromatic rings. The van der Waals surface area contributed by atoms with E-state index in [-0.39, 0.29) is 35.4 Å². The second kappa shape index (κ2) is 7.45. The lowest BCUT2D eigenvalue weighted by Crippen LogP contribution is -2.51. The Morgan fingerprint density at radius 1 is 1.00 bits per heavy atom. The van der Waals surface area contributed by atoms with Gasteiger partial charge in [0, 0.05) is 37.7 Å². The van der Waals surface area contributed by atoms with Crippen molar-refractivity contribution in [3.05, 3.63) is 29.8 Å². The van der Waals surface area contributed by atoms with Crippen LogP contribution in [0.3, 0.4) is 0 Å². The number of phenolic OH excluding ortho intramolecular Hbond substituents is 1. The number of phenols is 1. The van der Waals surface area contributed by atoms with Crippen LogP contribution in [-0.2, 0) is 4.79 Å². The summed E-state index contributed by atoms with van der Waals surface area (Å²) in [5, 5.41) is 12.7. The van der Waals surface area contributed by atoms with E-state index in [1.807, 2.05) is 4.90 Å². The lowest BCUT2D eigenvalue weighted by Gasteiger charge is -2.35. The molecule has 0 radical (unpaired) electrons. The third-order valence-electron chi connectivity index (χ3n) is 6.08. The number of amides is 2. The molecule has 2 amide bonds. The van der Waals surface area contributed by atoms with Gasteiger partial charge in [0.05, 0.1) is 0 Å². The van der Waals surface area contributed by atoms with Gasteiger partial charge in [-0.05, 0) is 62.0 Å². The third kappa shape index (κ3) is 3.53. The number of carbonyl (C=O) groups excluding carboxylic acids is 2. The van der Waals surface area contributed by atoms with Gasteiger partial charge in [0.1, 0.15) is 5.75 Å². The van der Waals surface area contributed by atoms with Crippen LogP contribution in [0.4, 0.5) is 0 Å². The molecule has 4 rings (SSSR count). The Morgan fingerprint density at radius 3 is 2.19 bits per heavy atom. The fraction of sp³-hybridized carbons (Fsp3) is 0.579. The third-order valence-corrected chi connectivity index (χ3v) is 6.08. The van der Waals surface area contributed by atoms with E-state index in [0.717, 1.165) is 32.4 Å². The Kier molecular flexibility index (Phi) is 5.44. The number of hydrogen-bond acceptors (Lipinski definition) is 4. The standard InChI is InChI=1S/C19H25N3O3.ClH/c23-15-3-1-14(2-4-15)17(24)21-9-11-22(12-10-21)18(25)16-13-19(16)5-7-20-8-6-19;/h1-4,16,20,23H,5-13H2;1H. The molecule has 26 heavy (non-hydrogen) atoms. The number of nitrogens with one attached hydrogen (secondary N) is 1. The quantitative estimate of drug-likeness (QED) is 0.816. The zero-order chi connectivity index (χ0) is 17.4. The molecule has 1 spiro atoms. The number of piperazine rings is 1. The predicted octanol–water partition coefficient (Wildman–Crippen LogP) is 1.49. The van der Waals surface area contributed by atoms with Crippen LogP contribution in [0.2, 0.25) is 0 Å². The summed E-state index contributed by atoms with van der Waals surface area (Å²) in [4.78, 5) is 29.0. The number of hydrogen-bond donors (Lipinski definition) is 2. The fourth-order valence-corrected chi connectivity index (χ4v) is 4.31. The minimum atomic E-state index is -0.0339. The van der Waals surface area contributed by atoms with E-state index in [4.69, 9.17) is 0 Å². The minimum Gasteiger partial charge on any atom is -0.508 e. The van der Waals surface area contributed by atoms with Gasteiger partial charge >= 0.3 is 0 Å². The van der Waals surface area contributed by atoms with Crippen molar-refractivity contribution in [1.82, 2.24) is 15.1 Å². The summed E-state index contributed by atoms with van der Waals surface area (Å²) in [6.45, 7) is 4.44. The lowest BCUT2D eigenvalue weighted by molar-refractivity contribution is -0.135. The monoisotopic (exact) mass is 379 g/mol. The van der Waals surface area contributed by atoms with Crippen LogP contribution in [0.1, 0.15) is 29.6 Å². The van der Waals surface area contributed by atoms with Gasteiger partial charge in [0.15, 0.2) is 0 Å². The Balaban J connectivity index is 0.00000196. The molecular formula is C19H26ClN3O3. The molecule has 1 aliphatic carbocycles. The fourth-order valence-electron chi connectivity index (χ4n) is 4.31. The number of aromatic hydroxyl groups is 1. The highest BCUT2D eigenvalue weighted by Gasteiger charge is 2.58. The van der Waals surface area contributed by atoms with Gasteiger partial charge in [-0.1, -0.05) is 0 Å². The van der Waals surface area contributed by atoms with Crippen LogP contribution >= 0.6 is 12.4 Å². The molecule has 1 atom stereocenters. The summed E-state index contributed by atoms with van der Waals surface area (Å²) >= 11 is 0. The van der Waals surface area contributed by atoms with Crippen molar-refractivity contribution in [3.8, 4) is 5.75 Å². The topological polar surface area (TPSA) is 72.9 Å². The Bertz CT molecular complexity index is 665.